The number of halogens is 3. The first kappa shape index (κ1) is 15.5. The molecule has 23 heavy (non-hydrogen) atoms. The van der Waals surface area contributed by atoms with Gasteiger partial charge in [0.05, 0.1) is 18.9 Å². The fourth-order valence-corrected chi connectivity index (χ4v) is 2.48. The molecule has 0 aliphatic carbocycles. The highest BCUT2D eigenvalue weighted by atomic mass is 19.4. The van der Waals surface area contributed by atoms with E-state index < -0.39 is 12.1 Å². The average Bonchev–Trinajstić information content (AvgIpc) is 3.18. The Kier molecular flexibility index (Phi) is 4.07. The summed E-state index contributed by atoms with van der Waals surface area (Å²) in [4.78, 5) is 26.6. The lowest BCUT2D eigenvalue weighted by Crippen LogP contribution is -2.41. The maximum Gasteiger partial charge on any atom is 0.492 e. The quantitative estimate of drug-likeness (QED) is 0.931. The number of piperidine rings is 1. The van der Waals surface area contributed by atoms with Crippen molar-refractivity contribution in [3.63, 3.8) is 0 Å². The highest BCUT2D eigenvalue weighted by Gasteiger charge is 2.43. The Morgan fingerprint density at radius 1 is 1.39 bits per heavy atom. The molecule has 1 fully saturated rings. The van der Waals surface area contributed by atoms with Gasteiger partial charge in [-0.15, -0.1) is 5.06 Å². The Balaban J connectivity index is 1.66. The van der Waals surface area contributed by atoms with Crippen molar-refractivity contribution in [1.82, 2.24) is 24.6 Å². The molecule has 3 heterocycles. The van der Waals surface area contributed by atoms with Gasteiger partial charge in [-0.25, -0.2) is 14.8 Å². The van der Waals surface area contributed by atoms with Gasteiger partial charge in [0.2, 0.25) is 0 Å². The Morgan fingerprint density at radius 3 is 2.91 bits per heavy atom. The second kappa shape index (κ2) is 6.03. The van der Waals surface area contributed by atoms with E-state index in [0.29, 0.717) is 17.9 Å². The summed E-state index contributed by atoms with van der Waals surface area (Å²) in [5, 5.41) is 1.05. The Morgan fingerprint density at radius 2 is 2.22 bits per heavy atom. The molecule has 1 N–H and O–H groups in total. The monoisotopic (exact) mass is 329 g/mol. The Bertz CT molecular complexity index is 667. The van der Waals surface area contributed by atoms with Crippen LogP contribution in [0.2, 0.25) is 0 Å². The second-order valence-corrected chi connectivity index (χ2v) is 5.20. The predicted octanol–water partition coefficient (Wildman–Crippen LogP) is 1.93. The number of H-pyrrole nitrogens is 1. The van der Waals surface area contributed by atoms with Crippen molar-refractivity contribution in [2.24, 2.45) is 0 Å². The van der Waals surface area contributed by atoms with Crippen LogP contribution in [-0.4, -0.2) is 49.8 Å². The SMILES string of the molecule is O=C(ON1CCCC(n2cnc(-c3ncc[nH]3)c2)C1)C(F)(F)F. The molecule has 0 spiro atoms. The number of alkyl halides is 3. The molecule has 1 aliphatic heterocycles. The number of aromatic amines is 1. The number of carbonyl (C=O) groups is 1. The normalized spacial score (nSPS) is 19.7. The summed E-state index contributed by atoms with van der Waals surface area (Å²) in [6, 6.07) is -0.124. The fraction of sp³-hybridized carbons (Fsp3) is 0.462. The number of rotatable bonds is 3. The van der Waals surface area contributed by atoms with Gasteiger partial charge in [-0.2, -0.15) is 13.2 Å². The first-order chi connectivity index (χ1) is 10.9. The van der Waals surface area contributed by atoms with Crippen LogP contribution in [-0.2, 0) is 9.63 Å². The average molecular weight is 329 g/mol. The number of hydrogen-bond acceptors (Lipinski definition) is 5. The number of nitrogens with zero attached hydrogens (tertiary/aromatic N) is 4. The van der Waals surface area contributed by atoms with Crippen LogP contribution in [0.25, 0.3) is 11.5 Å². The molecule has 0 amide bonds. The molecule has 3 rings (SSSR count). The second-order valence-electron chi connectivity index (χ2n) is 5.20. The molecule has 1 saturated heterocycles. The van der Waals surface area contributed by atoms with Crippen LogP contribution in [0, 0.1) is 0 Å². The lowest BCUT2D eigenvalue weighted by molar-refractivity contribution is -0.243. The summed E-state index contributed by atoms with van der Waals surface area (Å²) in [6.07, 6.45) is 3.02. The third-order valence-corrected chi connectivity index (χ3v) is 3.57. The lowest BCUT2D eigenvalue weighted by Gasteiger charge is -2.31. The summed E-state index contributed by atoms with van der Waals surface area (Å²) in [5.74, 6) is -1.58. The Labute approximate surface area is 129 Å². The molecule has 0 bridgehead atoms. The molecule has 1 aliphatic rings. The minimum absolute atomic E-state index is 0.124. The van der Waals surface area contributed by atoms with Gasteiger partial charge in [-0.05, 0) is 12.8 Å². The molecule has 0 aromatic carbocycles. The molecule has 10 heteroatoms. The topological polar surface area (TPSA) is 76.0 Å². The minimum atomic E-state index is -4.99. The number of hydrogen-bond donors (Lipinski definition) is 1. The molecule has 1 unspecified atom stereocenters. The van der Waals surface area contributed by atoms with E-state index in [9.17, 15) is 18.0 Å². The largest absolute Gasteiger partial charge is 0.492 e. The maximum atomic E-state index is 12.3. The highest BCUT2D eigenvalue weighted by molar-refractivity contribution is 5.75. The van der Waals surface area contributed by atoms with Crippen molar-refractivity contribution in [2.75, 3.05) is 13.1 Å². The first-order valence-corrected chi connectivity index (χ1v) is 7.01. The van der Waals surface area contributed by atoms with Crippen molar-refractivity contribution in [2.45, 2.75) is 25.1 Å². The smallest absolute Gasteiger partial charge is 0.361 e. The van der Waals surface area contributed by atoms with E-state index in [4.69, 9.17) is 0 Å². The standard InChI is InChI=1S/C13H14F3N5O2/c14-13(15,16)12(22)23-21-5-1-2-9(6-21)20-7-10(19-8-20)11-17-3-4-18-11/h3-4,7-9H,1-2,5-6H2,(H,17,18). The van der Waals surface area contributed by atoms with Gasteiger partial charge >= 0.3 is 12.1 Å². The predicted molar refractivity (Wildman–Crippen MR) is 71.8 cm³/mol. The van der Waals surface area contributed by atoms with Crippen molar-refractivity contribution in [3.8, 4) is 11.5 Å². The zero-order valence-corrected chi connectivity index (χ0v) is 12.0. The van der Waals surface area contributed by atoms with Gasteiger partial charge in [0.1, 0.15) is 5.69 Å². The van der Waals surface area contributed by atoms with Crippen LogP contribution in [0.4, 0.5) is 13.2 Å². The van der Waals surface area contributed by atoms with Crippen molar-refractivity contribution in [3.05, 3.63) is 24.9 Å². The fourth-order valence-electron chi connectivity index (χ4n) is 2.48. The molecule has 7 nitrogen and oxygen atoms in total. The molecule has 1 atom stereocenters. The molecule has 2 aromatic rings. The molecular formula is C13H14F3N5O2. The van der Waals surface area contributed by atoms with Gasteiger partial charge in [-0.1, -0.05) is 0 Å². The first-order valence-electron chi connectivity index (χ1n) is 7.01. The van der Waals surface area contributed by atoms with E-state index in [1.54, 1.807) is 29.5 Å². The highest BCUT2D eigenvalue weighted by Crippen LogP contribution is 2.25. The molecule has 0 radical (unpaired) electrons. The van der Waals surface area contributed by atoms with Crippen LogP contribution < -0.4 is 0 Å². The summed E-state index contributed by atoms with van der Waals surface area (Å²) in [5.41, 5.74) is 0.638. The van der Waals surface area contributed by atoms with Crippen molar-refractivity contribution in [1.29, 1.82) is 0 Å². The van der Waals surface area contributed by atoms with E-state index in [-0.39, 0.29) is 19.1 Å². The van der Waals surface area contributed by atoms with Crippen LogP contribution >= 0.6 is 0 Å². The third-order valence-electron chi connectivity index (χ3n) is 3.57. The van der Waals surface area contributed by atoms with Gasteiger partial charge < -0.3 is 14.4 Å². The van der Waals surface area contributed by atoms with Crippen LogP contribution in [0.15, 0.2) is 24.9 Å². The van der Waals surface area contributed by atoms with Crippen LogP contribution in [0.3, 0.4) is 0 Å². The van der Waals surface area contributed by atoms with E-state index in [0.717, 1.165) is 11.5 Å². The van der Waals surface area contributed by atoms with Gasteiger partial charge in [0.15, 0.2) is 5.82 Å². The number of imidazole rings is 2. The van der Waals surface area contributed by atoms with Crippen molar-refractivity contribution >= 4 is 5.97 Å². The number of carbonyl (C=O) groups excluding carboxylic acids is 1. The summed E-state index contributed by atoms with van der Waals surface area (Å²) in [6.45, 7) is 0.452. The number of nitrogens with one attached hydrogen (secondary N) is 1. The third kappa shape index (κ3) is 3.52. The zero-order chi connectivity index (χ0) is 16.4. The molecular weight excluding hydrogens is 315 g/mol. The van der Waals surface area contributed by atoms with E-state index in [1.165, 1.54) is 0 Å². The van der Waals surface area contributed by atoms with Gasteiger partial charge in [0.25, 0.3) is 0 Å². The molecule has 2 aromatic heterocycles. The zero-order valence-electron chi connectivity index (χ0n) is 12.0. The summed E-state index contributed by atoms with van der Waals surface area (Å²) >= 11 is 0. The van der Waals surface area contributed by atoms with Gasteiger partial charge in [0, 0.05) is 25.1 Å². The Hall–Kier alpha value is -2.36. The van der Waals surface area contributed by atoms with E-state index in [1.807, 2.05) is 0 Å². The van der Waals surface area contributed by atoms with E-state index in [2.05, 4.69) is 19.8 Å². The maximum absolute atomic E-state index is 12.3. The van der Waals surface area contributed by atoms with Gasteiger partial charge in [-0.3, -0.25) is 0 Å². The number of aromatic nitrogens is 4. The minimum Gasteiger partial charge on any atom is -0.361 e. The van der Waals surface area contributed by atoms with Crippen LogP contribution in [0.1, 0.15) is 18.9 Å². The summed E-state index contributed by atoms with van der Waals surface area (Å²) < 4.78 is 38.6. The molecule has 0 saturated carbocycles. The lowest BCUT2D eigenvalue weighted by atomic mass is 10.1. The van der Waals surface area contributed by atoms with Crippen LogP contribution in [0.5, 0.6) is 0 Å². The van der Waals surface area contributed by atoms with E-state index >= 15 is 0 Å². The van der Waals surface area contributed by atoms with Crippen molar-refractivity contribution < 1.29 is 22.8 Å². The summed E-state index contributed by atoms with van der Waals surface area (Å²) in [7, 11) is 0. The number of hydroxylamine groups is 2. The molecule has 124 valence electrons.